The van der Waals surface area contributed by atoms with Crippen LogP contribution in [0.25, 0.3) is 0 Å². The minimum Gasteiger partial charge on any atom is -0.450 e. The Balaban J connectivity index is 1.60. The molecule has 0 aromatic heterocycles. The predicted molar refractivity (Wildman–Crippen MR) is 85.9 cm³/mol. The molecule has 0 N–H and O–H groups in total. The van der Waals surface area contributed by atoms with Crippen molar-refractivity contribution >= 4 is 29.7 Å². The summed E-state index contributed by atoms with van der Waals surface area (Å²) in [6.07, 6.45) is 1.03. The van der Waals surface area contributed by atoms with Crippen molar-refractivity contribution in [3.63, 3.8) is 0 Å². The van der Waals surface area contributed by atoms with Gasteiger partial charge in [0.15, 0.2) is 0 Å². The summed E-state index contributed by atoms with van der Waals surface area (Å²) in [5, 5.41) is 0. The summed E-state index contributed by atoms with van der Waals surface area (Å²) in [6.45, 7) is 6.14. The molecule has 3 aliphatic heterocycles. The maximum Gasteiger partial charge on any atom is 0.409 e. The van der Waals surface area contributed by atoms with E-state index in [2.05, 4.69) is 6.92 Å². The molecular formula is C15H23N3O4S. The number of hydrogen-bond donors (Lipinski definition) is 0. The average Bonchev–Trinajstić information content (AvgIpc) is 3.04. The molecule has 0 aromatic carbocycles. The Hall–Kier alpha value is -1.44. The van der Waals surface area contributed by atoms with Crippen LogP contribution in [0, 0.1) is 0 Å². The molecule has 0 unspecified atom stereocenters. The highest BCUT2D eigenvalue weighted by atomic mass is 32.2. The van der Waals surface area contributed by atoms with E-state index in [-0.39, 0.29) is 28.8 Å². The first-order valence-electron chi connectivity index (χ1n) is 8.13. The Morgan fingerprint density at radius 2 is 1.91 bits per heavy atom. The van der Waals surface area contributed by atoms with Crippen LogP contribution in [-0.4, -0.2) is 82.1 Å². The maximum atomic E-state index is 12.8. The van der Waals surface area contributed by atoms with E-state index in [0.29, 0.717) is 45.0 Å². The summed E-state index contributed by atoms with van der Waals surface area (Å²) in [4.78, 5) is 41.6. The molecule has 8 heteroatoms. The number of amides is 3. The van der Waals surface area contributed by atoms with E-state index >= 15 is 0 Å². The van der Waals surface area contributed by atoms with Crippen LogP contribution in [0.2, 0.25) is 0 Å². The molecule has 0 aromatic rings. The van der Waals surface area contributed by atoms with Gasteiger partial charge in [0.05, 0.1) is 11.5 Å². The van der Waals surface area contributed by atoms with Gasteiger partial charge in [0.25, 0.3) is 0 Å². The summed E-state index contributed by atoms with van der Waals surface area (Å²) >= 11 is 1.70. The van der Waals surface area contributed by atoms with E-state index in [4.69, 9.17) is 4.74 Å². The van der Waals surface area contributed by atoms with Crippen LogP contribution >= 0.6 is 11.8 Å². The quantitative estimate of drug-likeness (QED) is 0.741. The van der Waals surface area contributed by atoms with Gasteiger partial charge in [0.1, 0.15) is 6.04 Å². The molecule has 0 spiro atoms. The molecule has 0 aliphatic carbocycles. The van der Waals surface area contributed by atoms with Gasteiger partial charge in [0.2, 0.25) is 11.8 Å². The van der Waals surface area contributed by atoms with E-state index in [1.807, 2.05) is 0 Å². The molecule has 3 aliphatic rings. The standard InChI is InChI=1S/C15H23N3O4S/c1-3-22-14(21)17-8-6-16(7-9-17)13(20)11-10-23-15(2)5-4-12(19)18(11)15/h11H,3-10H2,1-2H3/t11-,15+/m1/s1. The Labute approximate surface area is 140 Å². The van der Waals surface area contributed by atoms with Gasteiger partial charge >= 0.3 is 6.09 Å². The topological polar surface area (TPSA) is 70.2 Å². The fourth-order valence-corrected chi connectivity index (χ4v) is 4.96. The monoisotopic (exact) mass is 341 g/mol. The molecule has 0 bridgehead atoms. The minimum absolute atomic E-state index is 0.0139. The number of fused-ring (bicyclic) bond motifs is 1. The molecule has 3 rings (SSSR count). The minimum atomic E-state index is -0.353. The summed E-state index contributed by atoms with van der Waals surface area (Å²) in [5.41, 5.74) is 0. The van der Waals surface area contributed by atoms with Gasteiger partial charge in [0, 0.05) is 38.4 Å². The second-order valence-electron chi connectivity index (χ2n) is 6.28. The van der Waals surface area contributed by atoms with Crippen LogP contribution < -0.4 is 0 Å². The zero-order chi connectivity index (χ0) is 16.6. The lowest BCUT2D eigenvalue weighted by molar-refractivity contribution is -0.144. The number of thioether (sulfide) groups is 1. The number of nitrogens with zero attached hydrogens (tertiary/aromatic N) is 3. The summed E-state index contributed by atoms with van der Waals surface area (Å²) < 4.78 is 4.99. The number of hydrogen-bond acceptors (Lipinski definition) is 5. The van der Waals surface area contributed by atoms with E-state index in [1.165, 1.54) is 0 Å². The van der Waals surface area contributed by atoms with Crippen LogP contribution in [0.4, 0.5) is 4.79 Å². The van der Waals surface area contributed by atoms with Gasteiger partial charge in [-0.1, -0.05) is 0 Å². The first kappa shape index (κ1) is 16.4. The molecule has 0 radical (unpaired) electrons. The van der Waals surface area contributed by atoms with Crippen molar-refractivity contribution in [2.24, 2.45) is 0 Å². The lowest BCUT2D eigenvalue weighted by Crippen LogP contribution is -2.56. The third-order valence-corrected chi connectivity index (χ3v) is 6.35. The van der Waals surface area contributed by atoms with Crippen molar-refractivity contribution in [3.05, 3.63) is 0 Å². The lowest BCUT2D eigenvalue weighted by Gasteiger charge is -2.37. The Morgan fingerprint density at radius 1 is 1.26 bits per heavy atom. The highest BCUT2D eigenvalue weighted by molar-refractivity contribution is 8.01. The fourth-order valence-electron chi connectivity index (χ4n) is 3.54. The smallest absolute Gasteiger partial charge is 0.409 e. The summed E-state index contributed by atoms with van der Waals surface area (Å²) in [7, 11) is 0. The first-order chi connectivity index (χ1) is 11.0. The van der Waals surface area contributed by atoms with Crippen LogP contribution in [0.15, 0.2) is 0 Å². The van der Waals surface area contributed by atoms with E-state index < -0.39 is 0 Å². The highest BCUT2D eigenvalue weighted by Gasteiger charge is 2.53. The molecule has 3 fully saturated rings. The van der Waals surface area contributed by atoms with Gasteiger partial charge in [-0.25, -0.2) is 4.79 Å². The van der Waals surface area contributed by atoms with Crippen LogP contribution in [-0.2, 0) is 14.3 Å². The lowest BCUT2D eigenvalue weighted by atomic mass is 10.2. The van der Waals surface area contributed by atoms with Gasteiger partial charge < -0.3 is 19.4 Å². The number of carbonyl (C=O) groups is 3. The van der Waals surface area contributed by atoms with Gasteiger partial charge in [-0.05, 0) is 20.3 Å². The molecule has 23 heavy (non-hydrogen) atoms. The zero-order valence-corrected chi connectivity index (χ0v) is 14.4. The van der Waals surface area contributed by atoms with Crippen molar-refractivity contribution in [2.75, 3.05) is 38.5 Å². The van der Waals surface area contributed by atoms with Crippen molar-refractivity contribution in [2.45, 2.75) is 37.6 Å². The Bertz CT molecular complexity index is 521. The van der Waals surface area contributed by atoms with Crippen LogP contribution in [0.1, 0.15) is 26.7 Å². The molecule has 3 heterocycles. The van der Waals surface area contributed by atoms with Crippen molar-refractivity contribution in [1.82, 2.24) is 14.7 Å². The largest absolute Gasteiger partial charge is 0.450 e. The third-order valence-electron chi connectivity index (χ3n) is 4.85. The molecule has 128 valence electrons. The van der Waals surface area contributed by atoms with Crippen molar-refractivity contribution in [1.29, 1.82) is 0 Å². The fraction of sp³-hybridized carbons (Fsp3) is 0.800. The van der Waals surface area contributed by atoms with E-state index in [1.54, 1.807) is 33.4 Å². The van der Waals surface area contributed by atoms with Crippen LogP contribution in [0.3, 0.4) is 0 Å². The van der Waals surface area contributed by atoms with Crippen molar-refractivity contribution < 1.29 is 19.1 Å². The van der Waals surface area contributed by atoms with Gasteiger partial charge in [-0.15, -0.1) is 11.8 Å². The Kier molecular flexibility index (Phi) is 4.44. The molecule has 3 amide bonds. The van der Waals surface area contributed by atoms with Crippen molar-refractivity contribution in [3.8, 4) is 0 Å². The summed E-state index contributed by atoms with van der Waals surface area (Å²) in [5.74, 6) is 0.764. The molecule has 0 saturated carbocycles. The Morgan fingerprint density at radius 3 is 2.57 bits per heavy atom. The second kappa shape index (κ2) is 6.22. The number of carbonyl (C=O) groups excluding carboxylic acids is 3. The average molecular weight is 341 g/mol. The first-order valence-corrected chi connectivity index (χ1v) is 9.11. The summed E-state index contributed by atoms with van der Waals surface area (Å²) in [6, 6.07) is -0.353. The number of piperazine rings is 1. The number of ether oxygens (including phenoxy) is 1. The maximum absolute atomic E-state index is 12.8. The second-order valence-corrected chi connectivity index (χ2v) is 7.78. The SMILES string of the molecule is CCOC(=O)N1CCN(C(=O)[C@H]2CS[C@@]3(C)CCC(=O)N23)CC1. The highest BCUT2D eigenvalue weighted by Crippen LogP contribution is 2.47. The van der Waals surface area contributed by atoms with Crippen LogP contribution in [0.5, 0.6) is 0 Å². The molecular weight excluding hydrogens is 318 g/mol. The normalized spacial score (nSPS) is 30.6. The van der Waals surface area contributed by atoms with E-state index in [0.717, 1.165) is 6.42 Å². The molecule has 3 saturated heterocycles. The zero-order valence-electron chi connectivity index (χ0n) is 13.6. The molecule has 7 nitrogen and oxygen atoms in total. The number of rotatable bonds is 2. The predicted octanol–water partition coefficient (Wildman–Crippen LogP) is 0.741. The van der Waals surface area contributed by atoms with Gasteiger partial charge in [-0.3, -0.25) is 9.59 Å². The van der Waals surface area contributed by atoms with E-state index in [9.17, 15) is 14.4 Å². The molecule has 2 atom stereocenters. The third kappa shape index (κ3) is 2.88. The van der Waals surface area contributed by atoms with Gasteiger partial charge in [-0.2, -0.15) is 0 Å².